The van der Waals surface area contributed by atoms with Crippen LogP contribution in [0.15, 0.2) is 42.5 Å². The highest BCUT2D eigenvalue weighted by Crippen LogP contribution is 2.24. The average Bonchev–Trinajstić information content (AvgIpc) is 2.49. The van der Waals surface area contributed by atoms with E-state index < -0.39 is 5.82 Å². The van der Waals surface area contributed by atoms with Gasteiger partial charge in [-0.3, -0.25) is 0 Å². The lowest BCUT2D eigenvalue weighted by Gasteiger charge is -2.18. The third-order valence-corrected chi connectivity index (χ3v) is 3.38. The Bertz CT molecular complexity index is 657. The zero-order valence-corrected chi connectivity index (χ0v) is 12.4. The molecule has 2 rings (SSSR count). The highest BCUT2D eigenvalue weighted by molar-refractivity contribution is 5.51. The molecule has 0 fully saturated rings. The molecule has 0 amide bonds. The third kappa shape index (κ3) is 3.51. The number of nitrogens with one attached hydrogen (secondary N) is 1. The van der Waals surface area contributed by atoms with Crippen LogP contribution < -0.4 is 10.2 Å². The molecule has 0 bridgehead atoms. The topological polar surface area (TPSA) is 39.1 Å². The first-order valence-corrected chi connectivity index (χ1v) is 6.74. The maximum atomic E-state index is 13.9. The molecule has 2 aromatic rings. The van der Waals surface area contributed by atoms with E-state index in [0.29, 0.717) is 11.3 Å². The molecule has 1 atom stereocenters. The number of rotatable bonds is 4. The van der Waals surface area contributed by atoms with E-state index in [1.54, 1.807) is 12.1 Å². The van der Waals surface area contributed by atoms with Gasteiger partial charge in [-0.25, -0.2) is 4.39 Å². The van der Waals surface area contributed by atoms with Gasteiger partial charge in [0, 0.05) is 25.8 Å². The zero-order chi connectivity index (χ0) is 15.4. The molecule has 21 heavy (non-hydrogen) atoms. The van der Waals surface area contributed by atoms with E-state index in [1.807, 2.05) is 56.3 Å². The van der Waals surface area contributed by atoms with Crippen molar-refractivity contribution in [3.63, 3.8) is 0 Å². The molecule has 0 heterocycles. The number of anilines is 2. The maximum absolute atomic E-state index is 13.9. The molecule has 0 aliphatic rings. The van der Waals surface area contributed by atoms with E-state index in [2.05, 4.69) is 5.32 Å². The van der Waals surface area contributed by atoms with Crippen molar-refractivity contribution in [2.75, 3.05) is 24.3 Å². The first-order valence-electron chi connectivity index (χ1n) is 6.74. The molecule has 3 nitrogen and oxygen atoms in total. The van der Waals surface area contributed by atoms with Gasteiger partial charge in [0.15, 0.2) is 0 Å². The molecule has 0 aliphatic heterocycles. The minimum Gasteiger partial charge on any atom is -0.378 e. The van der Waals surface area contributed by atoms with Crippen LogP contribution in [-0.2, 0) is 0 Å². The Morgan fingerprint density at radius 1 is 1.14 bits per heavy atom. The summed E-state index contributed by atoms with van der Waals surface area (Å²) in [6.45, 7) is 1.97. The van der Waals surface area contributed by atoms with Crippen molar-refractivity contribution >= 4 is 11.4 Å². The van der Waals surface area contributed by atoms with Gasteiger partial charge in [-0.15, -0.1) is 0 Å². The highest BCUT2D eigenvalue weighted by atomic mass is 19.1. The van der Waals surface area contributed by atoms with Crippen LogP contribution in [0.3, 0.4) is 0 Å². The van der Waals surface area contributed by atoms with Crippen LogP contribution in [0.25, 0.3) is 0 Å². The van der Waals surface area contributed by atoms with Crippen LogP contribution in [0, 0.1) is 17.1 Å². The number of halogens is 1. The van der Waals surface area contributed by atoms with E-state index in [0.717, 1.165) is 11.3 Å². The van der Waals surface area contributed by atoms with Crippen molar-refractivity contribution < 1.29 is 4.39 Å². The average molecular weight is 283 g/mol. The Balaban J connectivity index is 2.14. The lowest BCUT2D eigenvalue weighted by molar-refractivity contribution is 0.627. The Kier molecular flexibility index (Phi) is 4.44. The number of benzene rings is 2. The van der Waals surface area contributed by atoms with Crippen LogP contribution in [0.2, 0.25) is 0 Å². The largest absolute Gasteiger partial charge is 0.378 e. The van der Waals surface area contributed by atoms with Crippen LogP contribution >= 0.6 is 0 Å². The smallest absolute Gasteiger partial charge is 0.147 e. The number of nitriles is 1. The molecular formula is C17H18FN3. The first-order chi connectivity index (χ1) is 10.0. The van der Waals surface area contributed by atoms with Gasteiger partial charge in [-0.2, -0.15) is 5.26 Å². The standard InChI is InChI=1S/C17H18FN3/c1-12(14-5-7-15(8-6-14)21(2)3)20-17-9-4-13(11-19)10-16(17)18/h4-10,12,20H,1-3H3. The van der Waals surface area contributed by atoms with Crippen LogP contribution in [0.4, 0.5) is 15.8 Å². The normalized spacial score (nSPS) is 11.6. The van der Waals surface area contributed by atoms with Crippen LogP contribution in [0.5, 0.6) is 0 Å². The summed E-state index contributed by atoms with van der Waals surface area (Å²) in [5.74, 6) is -0.411. The number of hydrogen-bond acceptors (Lipinski definition) is 3. The van der Waals surface area contributed by atoms with E-state index in [4.69, 9.17) is 5.26 Å². The summed E-state index contributed by atoms with van der Waals surface area (Å²) in [5.41, 5.74) is 2.92. The van der Waals surface area contributed by atoms with Crippen molar-refractivity contribution in [2.24, 2.45) is 0 Å². The lowest BCUT2D eigenvalue weighted by atomic mass is 10.1. The minimum absolute atomic E-state index is 0.0244. The van der Waals surface area contributed by atoms with E-state index in [1.165, 1.54) is 6.07 Å². The summed E-state index contributed by atoms with van der Waals surface area (Å²) in [6, 6.07) is 14.4. The van der Waals surface area contributed by atoms with Gasteiger partial charge in [-0.05, 0) is 42.8 Å². The van der Waals surface area contributed by atoms with Gasteiger partial charge in [0.1, 0.15) is 5.82 Å². The fourth-order valence-electron chi connectivity index (χ4n) is 2.08. The van der Waals surface area contributed by atoms with Crippen LogP contribution in [-0.4, -0.2) is 14.1 Å². The summed E-state index contributed by atoms with van der Waals surface area (Å²) in [5, 5.41) is 11.9. The molecule has 0 aromatic heterocycles. The Morgan fingerprint density at radius 3 is 2.33 bits per heavy atom. The van der Waals surface area contributed by atoms with Gasteiger partial charge < -0.3 is 10.2 Å². The fraction of sp³-hybridized carbons (Fsp3) is 0.235. The summed E-state index contributed by atoms with van der Waals surface area (Å²) in [4.78, 5) is 2.03. The molecular weight excluding hydrogens is 265 g/mol. The second kappa shape index (κ2) is 6.27. The van der Waals surface area contributed by atoms with Crippen molar-refractivity contribution in [1.29, 1.82) is 5.26 Å². The summed E-state index contributed by atoms with van der Waals surface area (Å²) in [6.07, 6.45) is 0. The molecule has 0 saturated carbocycles. The Labute approximate surface area is 124 Å². The third-order valence-electron chi connectivity index (χ3n) is 3.38. The predicted octanol–water partition coefficient (Wildman–Crippen LogP) is 3.94. The monoisotopic (exact) mass is 283 g/mol. The molecule has 1 unspecified atom stereocenters. The quantitative estimate of drug-likeness (QED) is 0.923. The summed E-state index contributed by atoms with van der Waals surface area (Å²) < 4.78 is 13.9. The molecule has 108 valence electrons. The SMILES string of the molecule is CC(Nc1ccc(C#N)cc1F)c1ccc(N(C)C)cc1. The molecule has 4 heteroatoms. The predicted molar refractivity (Wildman–Crippen MR) is 83.9 cm³/mol. The minimum atomic E-state index is -0.411. The molecule has 1 N–H and O–H groups in total. The van der Waals surface area contributed by atoms with Gasteiger partial charge in [-0.1, -0.05) is 12.1 Å². The van der Waals surface area contributed by atoms with Crippen molar-refractivity contribution in [2.45, 2.75) is 13.0 Å². The van der Waals surface area contributed by atoms with Crippen LogP contribution in [0.1, 0.15) is 24.1 Å². The second-order valence-corrected chi connectivity index (χ2v) is 5.16. The van der Waals surface area contributed by atoms with Gasteiger partial charge >= 0.3 is 0 Å². The molecule has 0 saturated heterocycles. The van der Waals surface area contributed by atoms with E-state index >= 15 is 0 Å². The van der Waals surface area contributed by atoms with Gasteiger partial charge in [0.05, 0.1) is 17.3 Å². The summed E-state index contributed by atoms with van der Waals surface area (Å²) in [7, 11) is 3.98. The molecule has 0 spiro atoms. The maximum Gasteiger partial charge on any atom is 0.147 e. The van der Waals surface area contributed by atoms with E-state index in [-0.39, 0.29) is 6.04 Å². The lowest BCUT2D eigenvalue weighted by Crippen LogP contribution is -2.10. The Morgan fingerprint density at radius 2 is 1.81 bits per heavy atom. The van der Waals surface area contributed by atoms with Gasteiger partial charge in [0.2, 0.25) is 0 Å². The van der Waals surface area contributed by atoms with Crippen molar-refractivity contribution in [1.82, 2.24) is 0 Å². The highest BCUT2D eigenvalue weighted by Gasteiger charge is 2.09. The first kappa shape index (κ1) is 14.9. The zero-order valence-electron chi connectivity index (χ0n) is 12.4. The van der Waals surface area contributed by atoms with Gasteiger partial charge in [0.25, 0.3) is 0 Å². The summed E-state index contributed by atoms with van der Waals surface area (Å²) >= 11 is 0. The number of hydrogen-bond donors (Lipinski definition) is 1. The van der Waals surface area contributed by atoms with Crippen molar-refractivity contribution in [3.05, 3.63) is 59.4 Å². The van der Waals surface area contributed by atoms with E-state index in [9.17, 15) is 4.39 Å². The molecule has 0 aliphatic carbocycles. The molecule has 0 radical (unpaired) electrons. The second-order valence-electron chi connectivity index (χ2n) is 5.16. The number of nitrogens with zero attached hydrogens (tertiary/aromatic N) is 2. The Hall–Kier alpha value is -2.54. The van der Waals surface area contributed by atoms with Crippen molar-refractivity contribution in [3.8, 4) is 6.07 Å². The fourth-order valence-corrected chi connectivity index (χ4v) is 2.08. The molecule has 2 aromatic carbocycles.